The number of likely N-dealkylation sites (tertiary alicyclic amines) is 1. The minimum atomic E-state index is -0.700. The maximum absolute atomic E-state index is 11.0. The van der Waals surface area contributed by atoms with Gasteiger partial charge in [-0.05, 0) is 43.5 Å². The van der Waals surface area contributed by atoms with Gasteiger partial charge in [0.1, 0.15) is 6.04 Å². The van der Waals surface area contributed by atoms with Crippen LogP contribution in [0.4, 0.5) is 0 Å². The van der Waals surface area contributed by atoms with Crippen molar-refractivity contribution in [2.75, 3.05) is 13.1 Å². The lowest BCUT2D eigenvalue weighted by molar-refractivity contribution is -0.142. The second-order valence-corrected chi connectivity index (χ2v) is 4.85. The molecule has 2 rings (SSSR count). The van der Waals surface area contributed by atoms with Crippen molar-refractivity contribution in [3.8, 4) is 0 Å². The monoisotopic (exact) mass is 253 g/mol. The Hall–Kier alpha value is -1.06. The number of halogens is 1. The van der Waals surface area contributed by atoms with Crippen LogP contribution in [0.25, 0.3) is 0 Å². The number of rotatable bonds is 4. The third kappa shape index (κ3) is 3.20. The van der Waals surface area contributed by atoms with Gasteiger partial charge in [0.2, 0.25) is 0 Å². The highest BCUT2D eigenvalue weighted by molar-refractivity contribution is 6.30. The van der Waals surface area contributed by atoms with E-state index in [9.17, 15) is 4.79 Å². The molecule has 1 aliphatic heterocycles. The van der Waals surface area contributed by atoms with Crippen LogP contribution in [0.15, 0.2) is 24.3 Å². The molecule has 17 heavy (non-hydrogen) atoms. The van der Waals surface area contributed by atoms with E-state index in [2.05, 4.69) is 0 Å². The molecule has 0 bridgehead atoms. The fourth-order valence-corrected chi connectivity index (χ4v) is 2.55. The second kappa shape index (κ2) is 5.52. The van der Waals surface area contributed by atoms with Crippen molar-refractivity contribution in [1.29, 1.82) is 0 Å². The molecule has 0 aliphatic carbocycles. The Kier molecular flexibility index (Phi) is 4.02. The van der Waals surface area contributed by atoms with E-state index in [-0.39, 0.29) is 6.04 Å². The van der Waals surface area contributed by atoms with E-state index in [0.717, 1.165) is 42.9 Å². The molecule has 3 nitrogen and oxygen atoms in total. The lowest BCUT2D eigenvalue weighted by Crippen LogP contribution is -2.37. The molecule has 0 spiro atoms. The lowest BCUT2D eigenvalue weighted by atomic mass is 10.1. The van der Waals surface area contributed by atoms with E-state index in [1.54, 1.807) is 0 Å². The molecule has 1 fully saturated rings. The summed E-state index contributed by atoms with van der Waals surface area (Å²) in [6, 6.07) is 7.44. The third-order valence-corrected chi connectivity index (χ3v) is 3.46. The smallest absolute Gasteiger partial charge is 0.320 e. The Balaban J connectivity index is 1.91. The van der Waals surface area contributed by atoms with Crippen LogP contribution in [0.5, 0.6) is 0 Å². The molecule has 1 atom stereocenters. The van der Waals surface area contributed by atoms with Gasteiger partial charge in [0.15, 0.2) is 0 Å². The van der Waals surface area contributed by atoms with Gasteiger partial charge >= 0.3 is 5.97 Å². The van der Waals surface area contributed by atoms with Crippen LogP contribution in [0.3, 0.4) is 0 Å². The van der Waals surface area contributed by atoms with Crippen molar-refractivity contribution >= 4 is 17.6 Å². The summed E-state index contributed by atoms with van der Waals surface area (Å²) in [4.78, 5) is 13.1. The molecule has 0 radical (unpaired) electrons. The standard InChI is InChI=1S/C13H16ClNO2/c14-11-4-1-3-10(9-11)6-8-15-7-2-5-12(15)13(16)17/h1,3-4,9,12H,2,5-8H2,(H,16,17). The number of aliphatic carboxylic acids is 1. The van der Waals surface area contributed by atoms with Crippen molar-refractivity contribution in [1.82, 2.24) is 4.90 Å². The van der Waals surface area contributed by atoms with Gasteiger partial charge in [0.05, 0.1) is 0 Å². The summed E-state index contributed by atoms with van der Waals surface area (Å²) in [6.07, 6.45) is 2.60. The Morgan fingerprint density at radius 3 is 3.06 bits per heavy atom. The number of benzene rings is 1. The molecule has 1 aliphatic rings. The van der Waals surface area contributed by atoms with Crippen LogP contribution in [0, 0.1) is 0 Å². The van der Waals surface area contributed by atoms with E-state index < -0.39 is 5.97 Å². The van der Waals surface area contributed by atoms with E-state index in [1.807, 2.05) is 29.2 Å². The number of nitrogens with zero attached hydrogens (tertiary/aromatic N) is 1. The number of hydrogen-bond acceptors (Lipinski definition) is 2. The fourth-order valence-electron chi connectivity index (χ4n) is 2.34. The maximum Gasteiger partial charge on any atom is 0.320 e. The average molecular weight is 254 g/mol. The zero-order valence-electron chi connectivity index (χ0n) is 9.60. The van der Waals surface area contributed by atoms with Gasteiger partial charge in [0, 0.05) is 11.6 Å². The predicted molar refractivity (Wildman–Crippen MR) is 67.4 cm³/mol. The highest BCUT2D eigenvalue weighted by atomic mass is 35.5. The summed E-state index contributed by atoms with van der Waals surface area (Å²) in [5.41, 5.74) is 1.16. The minimum absolute atomic E-state index is 0.297. The van der Waals surface area contributed by atoms with Crippen molar-refractivity contribution in [2.45, 2.75) is 25.3 Å². The Labute approximate surface area is 106 Å². The van der Waals surface area contributed by atoms with E-state index in [0.29, 0.717) is 0 Å². The molecule has 0 aromatic heterocycles. The first kappa shape index (κ1) is 12.4. The Bertz CT molecular complexity index is 408. The van der Waals surface area contributed by atoms with E-state index >= 15 is 0 Å². The van der Waals surface area contributed by atoms with Gasteiger partial charge in [0.25, 0.3) is 0 Å². The molecular weight excluding hydrogens is 238 g/mol. The fraction of sp³-hybridized carbons (Fsp3) is 0.462. The summed E-state index contributed by atoms with van der Waals surface area (Å²) in [7, 11) is 0. The zero-order valence-corrected chi connectivity index (χ0v) is 10.4. The average Bonchev–Trinajstić information content (AvgIpc) is 2.74. The van der Waals surface area contributed by atoms with E-state index in [4.69, 9.17) is 16.7 Å². The van der Waals surface area contributed by atoms with Crippen molar-refractivity contribution in [3.05, 3.63) is 34.9 Å². The van der Waals surface area contributed by atoms with Gasteiger partial charge < -0.3 is 5.11 Å². The first-order valence-corrected chi connectivity index (χ1v) is 6.26. The quantitative estimate of drug-likeness (QED) is 0.896. The molecule has 4 heteroatoms. The molecule has 1 unspecified atom stereocenters. The van der Waals surface area contributed by atoms with Crippen LogP contribution < -0.4 is 0 Å². The number of hydrogen-bond donors (Lipinski definition) is 1. The summed E-state index contributed by atoms with van der Waals surface area (Å²) in [5.74, 6) is -0.700. The molecule has 0 amide bonds. The first-order chi connectivity index (χ1) is 8.16. The second-order valence-electron chi connectivity index (χ2n) is 4.41. The molecule has 1 aromatic rings. The van der Waals surface area contributed by atoms with Gasteiger partial charge in [-0.15, -0.1) is 0 Å². The summed E-state index contributed by atoms with van der Waals surface area (Å²) in [6.45, 7) is 1.68. The topological polar surface area (TPSA) is 40.5 Å². The van der Waals surface area contributed by atoms with Crippen LogP contribution >= 0.6 is 11.6 Å². The third-order valence-electron chi connectivity index (χ3n) is 3.23. The van der Waals surface area contributed by atoms with Crippen LogP contribution in [0.1, 0.15) is 18.4 Å². The largest absolute Gasteiger partial charge is 0.480 e. The molecule has 0 saturated carbocycles. The van der Waals surface area contributed by atoms with Gasteiger partial charge in [-0.3, -0.25) is 9.69 Å². The van der Waals surface area contributed by atoms with Crippen LogP contribution in [0.2, 0.25) is 5.02 Å². The maximum atomic E-state index is 11.0. The Morgan fingerprint density at radius 1 is 1.53 bits per heavy atom. The number of carboxylic acid groups (broad SMARTS) is 1. The van der Waals surface area contributed by atoms with Crippen LogP contribution in [-0.4, -0.2) is 35.1 Å². The number of carbonyl (C=O) groups is 1. The SMILES string of the molecule is O=C(O)C1CCCN1CCc1cccc(Cl)c1. The van der Waals surface area contributed by atoms with Gasteiger partial charge in [-0.1, -0.05) is 23.7 Å². The molecule has 1 aromatic carbocycles. The molecule has 92 valence electrons. The predicted octanol–water partition coefficient (Wildman–Crippen LogP) is 2.43. The summed E-state index contributed by atoms with van der Waals surface area (Å²) < 4.78 is 0. The van der Waals surface area contributed by atoms with Gasteiger partial charge in [-0.25, -0.2) is 0 Å². The van der Waals surface area contributed by atoms with Gasteiger partial charge in [-0.2, -0.15) is 0 Å². The summed E-state index contributed by atoms with van der Waals surface area (Å²) >= 11 is 5.91. The molecular formula is C13H16ClNO2. The normalized spacial score (nSPS) is 20.6. The molecule has 1 saturated heterocycles. The van der Waals surface area contributed by atoms with Crippen molar-refractivity contribution in [3.63, 3.8) is 0 Å². The van der Waals surface area contributed by atoms with Crippen LogP contribution in [-0.2, 0) is 11.2 Å². The lowest BCUT2D eigenvalue weighted by Gasteiger charge is -2.20. The zero-order chi connectivity index (χ0) is 12.3. The molecule has 1 N–H and O–H groups in total. The summed E-state index contributed by atoms with van der Waals surface area (Å²) in [5, 5.41) is 9.80. The highest BCUT2D eigenvalue weighted by Crippen LogP contribution is 2.18. The van der Waals surface area contributed by atoms with Crippen molar-refractivity contribution < 1.29 is 9.90 Å². The number of carboxylic acids is 1. The molecule has 1 heterocycles. The first-order valence-electron chi connectivity index (χ1n) is 5.88. The highest BCUT2D eigenvalue weighted by Gasteiger charge is 2.29. The minimum Gasteiger partial charge on any atom is -0.480 e. The van der Waals surface area contributed by atoms with E-state index in [1.165, 1.54) is 0 Å². The Morgan fingerprint density at radius 2 is 2.35 bits per heavy atom. The van der Waals surface area contributed by atoms with Crippen molar-refractivity contribution in [2.24, 2.45) is 0 Å².